The Morgan fingerprint density at radius 3 is 2.35 bits per heavy atom. The summed E-state index contributed by atoms with van der Waals surface area (Å²) in [5.74, 6) is 1.40. The fraction of sp³-hybridized carbons (Fsp3) is 0.571. The second-order valence-corrected chi connectivity index (χ2v) is 5.53. The summed E-state index contributed by atoms with van der Waals surface area (Å²) < 4.78 is 13.3. The largest absolute Gasteiger partial charge is 0.397 e. The fourth-order valence-electron chi connectivity index (χ4n) is 2.53. The quantitative estimate of drug-likeness (QED) is 0.784. The van der Waals surface area contributed by atoms with Gasteiger partial charge >= 0.3 is 0 Å². The lowest BCUT2D eigenvalue weighted by molar-refractivity contribution is 0.567. The van der Waals surface area contributed by atoms with Crippen LogP contribution in [0.5, 0.6) is 0 Å². The molecule has 2 aliphatic rings. The first-order valence-electron chi connectivity index (χ1n) is 6.47. The zero-order valence-corrected chi connectivity index (χ0v) is 10.2. The highest BCUT2D eigenvalue weighted by Crippen LogP contribution is 2.46. The van der Waals surface area contributed by atoms with E-state index in [4.69, 9.17) is 5.73 Å². The van der Waals surface area contributed by atoms with Crippen molar-refractivity contribution in [3.05, 3.63) is 23.5 Å². The van der Waals surface area contributed by atoms with Gasteiger partial charge in [0.25, 0.3) is 0 Å². The first kappa shape index (κ1) is 10.9. The van der Waals surface area contributed by atoms with E-state index in [1.165, 1.54) is 31.7 Å². The predicted octanol–water partition coefficient (Wildman–Crippen LogP) is 3.32. The summed E-state index contributed by atoms with van der Waals surface area (Å²) in [4.78, 5) is 0. The Hall–Kier alpha value is -1.25. The Labute approximate surface area is 101 Å². The van der Waals surface area contributed by atoms with Gasteiger partial charge in [-0.2, -0.15) is 0 Å². The highest BCUT2D eigenvalue weighted by molar-refractivity contribution is 5.67. The van der Waals surface area contributed by atoms with Crippen molar-refractivity contribution in [1.29, 1.82) is 0 Å². The van der Waals surface area contributed by atoms with Crippen molar-refractivity contribution in [3.63, 3.8) is 0 Å². The van der Waals surface area contributed by atoms with E-state index in [2.05, 4.69) is 5.32 Å². The summed E-state index contributed by atoms with van der Waals surface area (Å²) in [6.45, 7) is 1.78. The van der Waals surface area contributed by atoms with E-state index in [1.54, 1.807) is 6.92 Å². The number of rotatable bonds is 4. The van der Waals surface area contributed by atoms with Gasteiger partial charge in [-0.15, -0.1) is 0 Å². The van der Waals surface area contributed by atoms with Gasteiger partial charge in [-0.05, 0) is 62.1 Å². The van der Waals surface area contributed by atoms with Crippen molar-refractivity contribution in [2.45, 2.75) is 38.6 Å². The molecule has 3 heteroatoms. The normalized spacial score (nSPS) is 19.7. The average Bonchev–Trinajstić information content (AvgIpc) is 3.15. The Kier molecular flexibility index (Phi) is 2.49. The summed E-state index contributed by atoms with van der Waals surface area (Å²) in [6.07, 6.45) is 5.31. The molecule has 0 saturated heterocycles. The third-order valence-electron chi connectivity index (χ3n) is 3.91. The van der Waals surface area contributed by atoms with Gasteiger partial charge in [-0.25, -0.2) is 4.39 Å². The summed E-state index contributed by atoms with van der Waals surface area (Å²) >= 11 is 0. The molecular formula is C14H19FN2. The zero-order valence-electron chi connectivity index (χ0n) is 10.2. The maximum atomic E-state index is 13.3. The second kappa shape index (κ2) is 3.90. The molecule has 2 fully saturated rings. The lowest BCUT2D eigenvalue weighted by atomic mass is 10.1. The van der Waals surface area contributed by atoms with E-state index in [-0.39, 0.29) is 5.82 Å². The van der Waals surface area contributed by atoms with E-state index in [9.17, 15) is 4.39 Å². The lowest BCUT2D eigenvalue weighted by Crippen LogP contribution is -2.24. The number of aryl methyl sites for hydroxylation is 1. The van der Waals surface area contributed by atoms with Crippen molar-refractivity contribution < 1.29 is 4.39 Å². The minimum absolute atomic E-state index is 0.220. The molecule has 17 heavy (non-hydrogen) atoms. The van der Waals surface area contributed by atoms with Crippen molar-refractivity contribution in [1.82, 2.24) is 0 Å². The van der Waals surface area contributed by atoms with Crippen LogP contribution in [-0.2, 0) is 0 Å². The SMILES string of the molecule is Cc1cc(NC(C2CC2)C2CC2)c(N)cc1F. The van der Waals surface area contributed by atoms with Crippen molar-refractivity contribution >= 4 is 11.4 Å². The van der Waals surface area contributed by atoms with Crippen LogP contribution in [0.25, 0.3) is 0 Å². The molecule has 3 N–H and O–H groups in total. The number of benzene rings is 1. The van der Waals surface area contributed by atoms with Crippen LogP contribution < -0.4 is 11.1 Å². The van der Waals surface area contributed by atoms with Crippen LogP contribution in [0.1, 0.15) is 31.2 Å². The van der Waals surface area contributed by atoms with Crippen LogP contribution in [0.15, 0.2) is 12.1 Å². The molecule has 2 nitrogen and oxygen atoms in total. The Morgan fingerprint density at radius 2 is 1.82 bits per heavy atom. The molecule has 0 bridgehead atoms. The van der Waals surface area contributed by atoms with Gasteiger partial charge in [0.05, 0.1) is 11.4 Å². The minimum atomic E-state index is -0.220. The summed E-state index contributed by atoms with van der Waals surface area (Å²) in [5.41, 5.74) is 7.97. The molecule has 1 aromatic rings. The van der Waals surface area contributed by atoms with E-state index in [0.717, 1.165) is 17.5 Å². The number of hydrogen-bond acceptors (Lipinski definition) is 2. The van der Waals surface area contributed by atoms with Crippen LogP contribution in [0.2, 0.25) is 0 Å². The zero-order chi connectivity index (χ0) is 12.0. The van der Waals surface area contributed by atoms with Crippen LogP contribution in [-0.4, -0.2) is 6.04 Å². The Balaban J connectivity index is 1.81. The number of anilines is 2. The third kappa shape index (κ3) is 2.24. The van der Waals surface area contributed by atoms with Gasteiger partial charge in [0.1, 0.15) is 5.82 Å². The molecule has 0 unspecified atom stereocenters. The number of nitrogen functional groups attached to an aromatic ring is 1. The number of halogens is 1. The van der Waals surface area contributed by atoms with Crippen molar-refractivity contribution in [2.75, 3.05) is 11.1 Å². The van der Waals surface area contributed by atoms with Gasteiger partial charge in [-0.3, -0.25) is 0 Å². The summed E-state index contributed by atoms with van der Waals surface area (Å²) in [5, 5.41) is 3.55. The monoisotopic (exact) mass is 234 g/mol. The maximum Gasteiger partial charge on any atom is 0.128 e. The van der Waals surface area contributed by atoms with E-state index < -0.39 is 0 Å². The van der Waals surface area contributed by atoms with Crippen LogP contribution in [0.4, 0.5) is 15.8 Å². The minimum Gasteiger partial charge on any atom is -0.397 e. The van der Waals surface area contributed by atoms with E-state index in [0.29, 0.717) is 17.3 Å². The van der Waals surface area contributed by atoms with Gasteiger partial charge in [0.2, 0.25) is 0 Å². The molecule has 3 rings (SSSR count). The summed E-state index contributed by atoms with van der Waals surface area (Å²) in [7, 11) is 0. The standard InChI is InChI=1S/C14H19FN2/c1-8-6-13(12(16)7-11(8)15)17-14(9-2-3-9)10-4-5-10/h6-7,9-10,14,17H,2-5,16H2,1H3. The Bertz CT molecular complexity index is 424. The topological polar surface area (TPSA) is 38.0 Å². The van der Waals surface area contributed by atoms with Crippen LogP contribution in [0.3, 0.4) is 0 Å². The molecule has 0 aromatic heterocycles. The molecular weight excluding hydrogens is 215 g/mol. The first-order chi connectivity index (χ1) is 8.15. The van der Waals surface area contributed by atoms with Crippen LogP contribution >= 0.6 is 0 Å². The number of nitrogens with two attached hydrogens (primary N) is 1. The molecule has 2 saturated carbocycles. The molecule has 0 radical (unpaired) electrons. The molecule has 1 aromatic carbocycles. The Morgan fingerprint density at radius 1 is 1.24 bits per heavy atom. The van der Waals surface area contributed by atoms with Crippen molar-refractivity contribution in [2.24, 2.45) is 11.8 Å². The fourth-order valence-corrected chi connectivity index (χ4v) is 2.53. The maximum absolute atomic E-state index is 13.3. The molecule has 0 aliphatic heterocycles. The van der Waals surface area contributed by atoms with Crippen molar-refractivity contribution in [3.8, 4) is 0 Å². The van der Waals surface area contributed by atoms with E-state index >= 15 is 0 Å². The molecule has 2 aliphatic carbocycles. The highest BCUT2D eigenvalue weighted by atomic mass is 19.1. The predicted molar refractivity (Wildman–Crippen MR) is 68.4 cm³/mol. The summed E-state index contributed by atoms with van der Waals surface area (Å²) in [6, 6.07) is 3.82. The van der Waals surface area contributed by atoms with Gasteiger partial charge < -0.3 is 11.1 Å². The molecule has 0 atom stereocenters. The van der Waals surface area contributed by atoms with Gasteiger partial charge in [0.15, 0.2) is 0 Å². The smallest absolute Gasteiger partial charge is 0.128 e. The number of hydrogen-bond donors (Lipinski definition) is 2. The molecule has 0 heterocycles. The molecule has 92 valence electrons. The molecule has 0 spiro atoms. The third-order valence-corrected chi connectivity index (χ3v) is 3.91. The van der Waals surface area contributed by atoms with Gasteiger partial charge in [0, 0.05) is 6.04 Å². The van der Waals surface area contributed by atoms with Gasteiger partial charge in [-0.1, -0.05) is 0 Å². The van der Waals surface area contributed by atoms with Crippen LogP contribution in [0, 0.1) is 24.6 Å². The number of nitrogens with one attached hydrogen (secondary N) is 1. The lowest BCUT2D eigenvalue weighted by Gasteiger charge is -2.20. The second-order valence-electron chi connectivity index (χ2n) is 5.53. The highest BCUT2D eigenvalue weighted by Gasteiger charge is 2.41. The average molecular weight is 234 g/mol. The first-order valence-corrected chi connectivity index (χ1v) is 6.47. The van der Waals surface area contributed by atoms with E-state index in [1.807, 2.05) is 6.07 Å². The molecule has 0 amide bonds.